The Balaban J connectivity index is 1.85. The summed E-state index contributed by atoms with van der Waals surface area (Å²) in [5, 5.41) is 0.493. The summed E-state index contributed by atoms with van der Waals surface area (Å²) in [6.07, 6.45) is 3.96. The lowest BCUT2D eigenvalue weighted by Crippen LogP contribution is -2.33. The van der Waals surface area contributed by atoms with Crippen molar-refractivity contribution in [2.45, 2.75) is 25.3 Å². The van der Waals surface area contributed by atoms with Crippen LogP contribution in [0, 0.1) is 17.7 Å². The Kier molecular flexibility index (Phi) is 3.79. The van der Waals surface area contributed by atoms with Gasteiger partial charge in [0, 0.05) is 30.2 Å². The van der Waals surface area contributed by atoms with Crippen LogP contribution >= 0.6 is 11.6 Å². The first-order valence-electron chi connectivity index (χ1n) is 7.08. The molecule has 2 nitrogen and oxygen atoms in total. The van der Waals surface area contributed by atoms with E-state index >= 15 is 0 Å². The molecule has 2 N–H and O–H groups in total. The van der Waals surface area contributed by atoms with Gasteiger partial charge in [-0.3, -0.25) is 4.90 Å². The molecule has 104 valence electrons. The number of hydrogen-bond donors (Lipinski definition) is 1. The van der Waals surface area contributed by atoms with Crippen LogP contribution < -0.4 is 5.73 Å². The maximum Gasteiger partial charge on any atom is 0.129 e. The highest BCUT2D eigenvalue weighted by Gasteiger charge is 2.39. The van der Waals surface area contributed by atoms with Crippen molar-refractivity contribution >= 4 is 11.6 Å². The highest BCUT2D eigenvalue weighted by molar-refractivity contribution is 6.31. The molecule has 1 saturated carbocycles. The van der Waals surface area contributed by atoms with E-state index in [0.29, 0.717) is 17.1 Å². The van der Waals surface area contributed by atoms with Crippen LogP contribution in [0.4, 0.5) is 4.39 Å². The van der Waals surface area contributed by atoms with Crippen molar-refractivity contribution in [1.82, 2.24) is 4.90 Å². The molecule has 0 aromatic heterocycles. The van der Waals surface area contributed by atoms with Gasteiger partial charge in [-0.15, -0.1) is 0 Å². The fourth-order valence-corrected chi connectivity index (χ4v) is 4.09. The molecular weight excluding hydrogens is 263 g/mol. The van der Waals surface area contributed by atoms with Crippen molar-refractivity contribution in [1.29, 1.82) is 0 Å². The van der Waals surface area contributed by atoms with E-state index in [1.807, 2.05) is 0 Å². The maximum atomic E-state index is 14.1. The molecule has 1 aliphatic carbocycles. The Bertz CT molecular complexity index is 433. The van der Waals surface area contributed by atoms with Gasteiger partial charge in [-0.05, 0) is 36.8 Å². The van der Waals surface area contributed by atoms with Crippen LogP contribution in [0.1, 0.15) is 30.9 Å². The zero-order chi connectivity index (χ0) is 13.4. The first-order valence-corrected chi connectivity index (χ1v) is 7.46. The Morgan fingerprint density at radius 2 is 2.00 bits per heavy atom. The average Bonchev–Trinajstić information content (AvgIpc) is 2.94. The summed E-state index contributed by atoms with van der Waals surface area (Å²) < 4.78 is 14.1. The molecule has 0 spiro atoms. The van der Waals surface area contributed by atoms with Crippen LogP contribution in [0.5, 0.6) is 0 Å². The molecule has 19 heavy (non-hydrogen) atoms. The highest BCUT2D eigenvalue weighted by Crippen LogP contribution is 2.41. The number of halogens is 2. The smallest absolute Gasteiger partial charge is 0.129 e. The fourth-order valence-electron chi connectivity index (χ4n) is 3.80. The highest BCUT2D eigenvalue weighted by atomic mass is 35.5. The second kappa shape index (κ2) is 5.39. The second-order valence-electron chi connectivity index (χ2n) is 5.79. The molecule has 1 aromatic rings. The van der Waals surface area contributed by atoms with Crippen LogP contribution in [0.3, 0.4) is 0 Å². The summed E-state index contributed by atoms with van der Waals surface area (Å²) in [4.78, 5) is 2.33. The summed E-state index contributed by atoms with van der Waals surface area (Å²) in [7, 11) is 0. The Morgan fingerprint density at radius 1 is 1.32 bits per heavy atom. The van der Waals surface area contributed by atoms with Gasteiger partial charge in [0.15, 0.2) is 0 Å². The molecule has 2 fully saturated rings. The van der Waals surface area contributed by atoms with Crippen LogP contribution in [0.25, 0.3) is 0 Å². The van der Waals surface area contributed by atoms with Crippen molar-refractivity contribution in [2.75, 3.05) is 19.6 Å². The van der Waals surface area contributed by atoms with Crippen LogP contribution in [0.15, 0.2) is 18.2 Å². The van der Waals surface area contributed by atoms with E-state index < -0.39 is 0 Å². The number of benzene rings is 1. The lowest BCUT2D eigenvalue weighted by molar-refractivity contribution is 0.227. The first kappa shape index (κ1) is 13.3. The Hall–Kier alpha value is -0.640. The number of rotatable bonds is 3. The predicted molar refractivity (Wildman–Crippen MR) is 75.6 cm³/mol. The molecular formula is C15H20ClFN2. The third-order valence-electron chi connectivity index (χ3n) is 4.75. The van der Waals surface area contributed by atoms with Gasteiger partial charge in [0.25, 0.3) is 0 Å². The Morgan fingerprint density at radius 3 is 2.58 bits per heavy atom. The molecule has 3 rings (SSSR count). The van der Waals surface area contributed by atoms with Crippen LogP contribution in [-0.4, -0.2) is 24.5 Å². The number of likely N-dealkylation sites (tertiary alicyclic amines) is 1. The topological polar surface area (TPSA) is 29.3 Å². The van der Waals surface area contributed by atoms with Gasteiger partial charge in [-0.25, -0.2) is 4.39 Å². The summed E-state index contributed by atoms with van der Waals surface area (Å²) in [5.41, 5.74) is 6.48. The quantitative estimate of drug-likeness (QED) is 0.922. The molecule has 0 bridgehead atoms. The number of nitrogens with two attached hydrogens (primary N) is 1. The number of fused-ring (bicyclic) bond motifs is 1. The van der Waals surface area contributed by atoms with Crippen LogP contribution in [-0.2, 0) is 0 Å². The lowest BCUT2D eigenvalue weighted by Gasteiger charge is -2.28. The Labute approximate surface area is 118 Å². The molecule has 0 amide bonds. The third kappa shape index (κ3) is 2.39. The van der Waals surface area contributed by atoms with Crippen molar-refractivity contribution in [3.63, 3.8) is 0 Å². The normalized spacial score (nSPS) is 28.6. The molecule has 3 unspecified atom stereocenters. The zero-order valence-electron chi connectivity index (χ0n) is 11.0. The SMILES string of the molecule is NCC(c1c(F)cccc1Cl)N1CC2CCCC2C1. The second-order valence-corrected chi connectivity index (χ2v) is 6.20. The number of nitrogens with zero attached hydrogens (tertiary/aromatic N) is 1. The average molecular weight is 283 g/mol. The summed E-state index contributed by atoms with van der Waals surface area (Å²) >= 11 is 6.18. The summed E-state index contributed by atoms with van der Waals surface area (Å²) in [6.45, 7) is 2.49. The standard InChI is InChI=1S/C15H20ClFN2/c16-12-5-2-6-13(17)15(12)14(7-18)19-8-10-3-1-4-11(10)9-19/h2,5-6,10-11,14H,1,3-4,7-9,18H2. The van der Waals surface area contributed by atoms with E-state index in [-0.39, 0.29) is 11.9 Å². The predicted octanol–water partition coefficient (Wildman–Crippen LogP) is 3.21. The minimum absolute atomic E-state index is 0.0840. The monoisotopic (exact) mass is 282 g/mol. The van der Waals surface area contributed by atoms with E-state index in [1.54, 1.807) is 12.1 Å². The van der Waals surface area contributed by atoms with Gasteiger partial charge in [-0.2, -0.15) is 0 Å². The van der Waals surface area contributed by atoms with E-state index in [2.05, 4.69) is 4.90 Å². The lowest BCUT2D eigenvalue weighted by atomic mass is 10.0. The maximum absolute atomic E-state index is 14.1. The minimum Gasteiger partial charge on any atom is -0.329 e. The van der Waals surface area contributed by atoms with Gasteiger partial charge < -0.3 is 5.73 Å². The van der Waals surface area contributed by atoms with Crippen molar-refractivity contribution in [3.05, 3.63) is 34.6 Å². The minimum atomic E-state index is -0.236. The molecule has 1 aliphatic heterocycles. The molecule has 2 aliphatic rings. The van der Waals surface area contributed by atoms with E-state index in [9.17, 15) is 4.39 Å². The molecule has 4 heteroatoms. The first-order chi connectivity index (χ1) is 9.20. The van der Waals surface area contributed by atoms with Crippen LogP contribution in [0.2, 0.25) is 5.02 Å². The summed E-state index contributed by atoms with van der Waals surface area (Å²) in [5.74, 6) is 1.32. The molecule has 0 radical (unpaired) electrons. The zero-order valence-corrected chi connectivity index (χ0v) is 11.7. The third-order valence-corrected chi connectivity index (χ3v) is 5.08. The van der Waals surface area contributed by atoms with Crippen molar-refractivity contribution in [2.24, 2.45) is 17.6 Å². The molecule has 1 aromatic carbocycles. The van der Waals surface area contributed by atoms with Crippen molar-refractivity contribution in [3.8, 4) is 0 Å². The molecule has 1 heterocycles. The summed E-state index contributed by atoms with van der Waals surface area (Å²) in [6, 6.07) is 4.78. The van der Waals surface area contributed by atoms with E-state index in [4.69, 9.17) is 17.3 Å². The molecule has 1 saturated heterocycles. The van der Waals surface area contributed by atoms with Gasteiger partial charge >= 0.3 is 0 Å². The van der Waals surface area contributed by atoms with Crippen molar-refractivity contribution < 1.29 is 4.39 Å². The van der Waals surface area contributed by atoms with Gasteiger partial charge in [0.05, 0.1) is 6.04 Å². The molecule has 3 atom stereocenters. The van der Waals surface area contributed by atoms with Gasteiger partial charge in [0.2, 0.25) is 0 Å². The van der Waals surface area contributed by atoms with Gasteiger partial charge in [0.1, 0.15) is 5.82 Å². The van der Waals surface area contributed by atoms with E-state index in [1.165, 1.54) is 25.3 Å². The van der Waals surface area contributed by atoms with E-state index in [0.717, 1.165) is 24.9 Å². The number of hydrogen-bond acceptors (Lipinski definition) is 2. The van der Waals surface area contributed by atoms with Gasteiger partial charge in [-0.1, -0.05) is 24.1 Å². The largest absolute Gasteiger partial charge is 0.329 e. The fraction of sp³-hybridized carbons (Fsp3) is 0.600.